The van der Waals surface area contributed by atoms with Crippen molar-refractivity contribution < 1.29 is 23.9 Å². The molecule has 0 unspecified atom stereocenters. The number of nitrogens with zero attached hydrogens (tertiary/aromatic N) is 2. The predicted octanol–water partition coefficient (Wildman–Crippen LogP) is 3.55. The lowest BCUT2D eigenvalue weighted by Crippen LogP contribution is -2.18. The Labute approximate surface area is 168 Å². The number of nitrogens with one attached hydrogen (secondary N) is 1. The van der Waals surface area contributed by atoms with Crippen LogP contribution in [-0.4, -0.2) is 36.9 Å². The number of amides is 1. The Morgan fingerprint density at radius 1 is 1.07 bits per heavy atom. The Kier molecular flexibility index (Phi) is 7.96. The minimum Gasteiger partial charge on any atom is -0.490 e. The van der Waals surface area contributed by atoms with Crippen molar-refractivity contribution in [1.82, 2.24) is 5.43 Å². The molecule has 0 atom stereocenters. The standard InChI is InChI=1S/C20H23N3O6/c1-4-27-17-11-15(12-18(28-5-2)19(17)29-6-3)20(24)22-21-13-14-9-7-8-10-16(14)23(25)26/h7-13H,4-6H2,1-3H3,(H,22,24)/b21-13-. The zero-order valence-electron chi connectivity index (χ0n) is 16.5. The van der Waals surface area contributed by atoms with E-state index >= 15 is 0 Å². The highest BCUT2D eigenvalue weighted by atomic mass is 16.6. The molecule has 9 nitrogen and oxygen atoms in total. The van der Waals surface area contributed by atoms with Gasteiger partial charge in [-0.15, -0.1) is 0 Å². The molecule has 0 spiro atoms. The fraction of sp³-hybridized carbons (Fsp3) is 0.300. The molecule has 2 aromatic carbocycles. The molecular weight excluding hydrogens is 378 g/mol. The second kappa shape index (κ2) is 10.6. The first-order chi connectivity index (χ1) is 14.0. The molecule has 0 aromatic heterocycles. The number of rotatable bonds is 10. The van der Waals surface area contributed by atoms with E-state index in [4.69, 9.17) is 14.2 Å². The van der Waals surface area contributed by atoms with Gasteiger partial charge in [0, 0.05) is 11.6 Å². The number of hydrazone groups is 1. The number of hydrogen-bond acceptors (Lipinski definition) is 7. The number of carbonyl (C=O) groups is 1. The number of para-hydroxylation sites is 1. The van der Waals surface area contributed by atoms with Gasteiger partial charge in [0.1, 0.15) is 0 Å². The summed E-state index contributed by atoms with van der Waals surface area (Å²) in [5.41, 5.74) is 2.77. The maximum atomic E-state index is 12.5. The summed E-state index contributed by atoms with van der Waals surface area (Å²) in [6.45, 7) is 6.65. The lowest BCUT2D eigenvalue weighted by Gasteiger charge is -2.16. The number of benzene rings is 2. The Hall–Kier alpha value is -3.62. The molecule has 2 rings (SSSR count). The molecule has 29 heavy (non-hydrogen) atoms. The van der Waals surface area contributed by atoms with E-state index in [1.54, 1.807) is 12.1 Å². The number of nitro groups is 1. The van der Waals surface area contributed by atoms with Crippen molar-refractivity contribution >= 4 is 17.8 Å². The van der Waals surface area contributed by atoms with Gasteiger partial charge in [0.2, 0.25) is 5.75 Å². The van der Waals surface area contributed by atoms with Crippen LogP contribution in [0.3, 0.4) is 0 Å². The van der Waals surface area contributed by atoms with Gasteiger partial charge in [0.05, 0.1) is 36.5 Å². The lowest BCUT2D eigenvalue weighted by atomic mass is 10.1. The van der Waals surface area contributed by atoms with Crippen LogP contribution in [0.25, 0.3) is 0 Å². The molecule has 0 radical (unpaired) electrons. The molecule has 0 bridgehead atoms. The fourth-order valence-electron chi connectivity index (χ4n) is 2.51. The van der Waals surface area contributed by atoms with Gasteiger partial charge in [0.15, 0.2) is 11.5 Å². The SMILES string of the molecule is CCOc1cc(C(=O)N/N=C\c2ccccc2[N+](=O)[O-])cc(OCC)c1OCC. The molecule has 0 aliphatic heterocycles. The van der Waals surface area contributed by atoms with Crippen molar-refractivity contribution in [2.45, 2.75) is 20.8 Å². The van der Waals surface area contributed by atoms with Crippen LogP contribution in [0, 0.1) is 10.1 Å². The second-order valence-electron chi connectivity index (χ2n) is 5.62. The van der Waals surface area contributed by atoms with Crippen LogP contribution in [-0.2, 0) is 0 Å². The normalized spacial score (nSPS) is 10.6. The Morgan fingerprint density at radius 2 is 1.66 bits per heavy atom. The van der Waals surface area contributed by atoms with E-state index < -0.39 is 10.8 Å². The summed E-state index contributed by atoms with van der Waals surface area (Å²) >= 11 is 0. The first-order valence-electron chi connectivity index (χ1n) is 9.15. The third kappa shape index (κ3) is 5.68. The average molecular weight is 401 g/mol. The van der Waals surface area contributed by atoms with Crippen LogP contribution in [0.15, 0.2) is 41.5 Å². The van der Waals surface area contributed by atoms with Gasteiger partial charge in [0.25, 0.3) is 11.6 Å². The minimum atomic E-state index is -0.523. The maximum Gasteiger partial charge on any atom is 0.278 e. The van der Waals surface area contributed by atoms with Crippen molar-refractivity contribution in [2.75, 3.05) is 19.8 Å². The summed E-state index contributed by atoms with van der Waals surface area (Å²) in [6.07, 6.45) is 1.22. The Balaban J connectivity index is 2.27. The molecule has 0 heterocycles. The van der Waals surface area contributed by atoms with Gasteiger partial charge < -0.3 is 14.2 Å². The molecule has 154 valence electrons. The van der Waals surface area contributed by atoms with Gasteiger partial charge in [-0.25, -0.2) is 5.43 Å². The molecule has 0 saturated carbocycles. The van der Waals surface area contributed by atoms with Gasteiger partial charge in [-0.3, -0.25) is 14.9 Å². The van der Waals surface area contributed by atoms with Crippen LogP contribution in [0.2, 0.25) is 0 Å². The van der Waals surface area contributed by atoms with E-state index in [0.717, 1.165) is 0 Å². The molecule has 1 amide bonds. The van der Waals surface area contributed by atoms with Gasteiger partial charge in [-0.05, 0) is 39.0 Å². The Morgan fingerprint density at radius 3 is 2.21 bits per heavy atom. The summed E-state index contributed by atoms with van der Waals surface area (Å²) in [7, 11) is 0. The van der Waals surface area contributed by atoms with Crippen LogP contribution < -0.4 is 19.6 Å². The van der Waals surface area contributed by atoms with Crippen LogP contribution >= 0.6 is 0 Å². The van der Waals surface area contributed by atoms with E-state index in [0.29, 0.717) is 37.1 Å². The topological polar surface area (TPSA) is 112 Å². The quantitative estimate of drug-likeness (QED) is 0.370. The third-order valence-corrected chi connectivity index (χ3v) is 3.67. The van der Waals surface area contributed by atoms with Crippen LogP contribution in [0.1, 0.15) is 36.7 Å². The van der Waals surface area contributed by atoms with E-state index in [2.05, 4.69) is 10.5 Å². The summed E-state index contributed by atoms with van der Waals surface area (Å²) in [5, 5.41) is 14.9. The highest BCUT2D eigenvalue weighted by molar-refractivity contribution is 5.96. The van der Waals surface area contributed by atoms with Crippen molar-refractivity contribution in [3.63, 3.8) is 0 Å². The van der Waals surface area contributed by atoms with Crippen molar-refractivity contribution in [2.24, 2.45) is 5.10 Å². The Bertz CT molecular complexity index is 871. The van der Waals surface area contributed by atoms with Gasteiger partial charge >= 0.3 is 0 Å². The minimum absolute atomic E-state index is 0.108. The van der Waals surface area contributed by atoms with Crippen LogP contribution in [0.5, 0.6) is 17.2 Å². The second-order valence-corrected chi connectivity index (χ2v) is 5.62. The molecule has 0 fully saturated rings. The molecule has 9 heteroatoms. The van der Waals surface area contributed by atoms with Crippen molar-refractivity contribution in [1.29, 1.82) is 0 Å². The lowest BCUT2D eigenvalue weighted by molar-refractivity contribution is -0.385. The van der Waals surface area contributed by atoms with Crippen molar-refractivity contribution in [3.05, 3.63) is 57.6 Å². The van der Waals surface area contributed by atoms with E-state index in [9.17, 15) is 14.9 Å². The summed E-state index contributed by atoms with van der Waals surface area (Å²) in [4.78, 5) is 23.0. The largest absolute Gasteiger partial charge is 0.490 e. The third-order valence-electron chi connectivity index (χ3n) is 3.67. The molecule has 1 N–H and O–H groups in total. The summed E-state index contributed by atoms with van der Waals surface area (Å²) in [6, 6.07) is 9.16. The molecule has 2 aromatic rings. The molecule has 0 aliphatic rings. The molecular formula is C20H23N3O6. The molecule has 0 aliphatic carbocycles. The number of ether oxygens (including phenoxy) is 3. The fourth-order valence-corrected chi connectivity index (χ4v) is 2.51. The van der Waals surface area contributed by atoms with Gasteiger partial charge in [-0.2, -0.15) is 5.10 Å². The number of carbonyl (C=O) groups excluding carboxylic acids is 1. The smallest absolute Gasteiger partial charge is 0.278 e. The average Bonchev–Trinajstić information content (AvgIpc) is 2.70. The monoisotopic (exact) mass is 401 g/mol. The van der Waals surface area contributed by atoms with E-state index in [-0.39, 0.29) is 16.8 Å². The summed E-state index contributed by atoms with van der Waals surface area (Å²) in [5.74, 6) is 0.669. The summed E-state index contributed by atoms with van der Waals surface area (Å²) < 4.78 is 16.8. The predicted molar refractivity (Wildman–Crippen MR) is 108 cm³/mol. The highest BCUT2D eigenvalue weighted by Gasteiger charge is 2.18. The zero-order chi connectivity index (χ0) is 21.2. The number of hydrogen-bond donors (Lipinski definition) is 1. The highest BCUT2D eigenvalue weighted by Crippen LogP contribution is 2.39. The zero-order valence-corrected chi connectivity index (χ0v) is 16.5. The maximum absolute atomic E-state index is 12.5. The first kappa shape index (κ1) is 21.7. The van der Waals surface area contributed by atoms with E-state index in [1.165, 1.54) is 30.5 Å². The molecule has 0 saturated heterocycles. The number of nitro benzene ring substituents is 1. The van der Waals surface area contributed by atoms with Crippen LogP contribution in [0.4, 0.5) is 5.69 Å². The van der Waals surface area contributed by atoms with Gasteiger partial charge in [-0.1, -0.05) is 12.1 Å². The first-order valence-corrected chi connectivity index (χ1v) is 9.15. The van der Waals surface area contributed by atoms with Crippen molar-refractivity contribution in [3.8, 4) is 17.2 Å². The van der Waals surface area contributed by atoms with E-state index in [1.807, 2.05) is 20.8 Å².